The lowest BCUT2D eigenvalue weighted by Gasteiger charge is -2.13. The average Bonchev–Trinajstić information content (AvgIpc) is 3.46. The molecule has 1 aliphatic rings. The number of aliphatic carboxylic acids is 1. The normalized spacial score (nSPS) is 14.6. The van der Waals surface area contributed by atoms with Gasteiger partial charge in [-0.1, -0.05) is 41.4 Å². The highest BCUT2D eigenvalue weighted by Gasteiger charge is 2.54. The highest BCUT2D eigenvalue weighted by Crippen LogP contribution is 2.47. The van der Waals surface area contributed by atoms with Gasteiger partial charge in [0.1, 0.15) is 28.7 Å². The van der Waals surface area contributed by atoms with Gasteiger partial charge in [-0.3, -0.25) is 10.1 Å². The van der Waals surface area contributed by atoms with E-state index in [0.29, 0.717) is 46.6 Å². The van der Waals surface area contributed by atoms with Crippen LogP contribution in [0.4, 0.5) is 10.5 Å². The Morgan fingerprint density at radius 2 is 1.97 bits per heavy atom. The molecule has 2 aromatic carbocycles. The second kappa shape index (κ2) is 8.65. The number of amides is 1. The fraction of sp³-hybridized carbons (Fsp3) is 0.231. The van der Waals surface area contributed by atoms with Gasteiger partial charge in [-0.05, 0) is 56.4 Å². The summed E-state index contributed by atoms with van der Waals surface area (Å²) in [6.07, 6.45) is 0.0617. The van der Waals surface area contributed by atoms with Crippen molar-refractivity contribution in [3.05, 3.63) is 76.9 Å². The molecule has 0 radical (unpaired) electrons. The molecular formula is C26H22N4O5. The van der Waals surface area contributed by atoms with Crippen LogP contribution in [0.15, 0.2) is 53.1 Å². The van der Waals surface area contributed by atoms with Gasteiger partial charge in [0, 0.05) is 5.56 Å². The third-order valence-corrected chi connectivity index (χ3v) is 6.06. The van der Waals surface area contributed by atoms with Gasteiger partial charge in [-0.25, -0.2) is 9.78 Å². The standard InChI is InChI=1S/C26H22N4O5/c1-15-22(29-25(33)34-16(2)18-6-4-3-5-7-18)21(35-30-15)11-9-17-8-10-19-20(14-17)28-23(27-19)26(12-13-26)24(31)32/h3-8,10,14,16H,12-13H2,1-2H3,(H,27,28)(H,29,33)(H,31,32). The van der Waals surface area contributed by atoms with E-state index in [2.05, 4.69) is 32.3 Å². The third kappa shape index (κ3) is 4.34. The molecule has 0 bridgehead atoms. The number of carboxylic acids is 1. The number of carboxylic acid groups (broad SMARTS) is 1. The molecule has 4 aromatic rings. The number of nitrogens with zero attached hydrogens (tertiary/aromatic N) is 2. The maximum absolute atomic E-state index is 12.5. The van der Waals surface area contributed by atoms with Crippen LogP contribution in [0.5, 0.6) is 0 Å². The number of ether oxygens (including phenoxy) is 1. The van der Waals surface area contributed by atoms with Crippen LogP contribution in [0.1, 0.15) is 54.3 Å². The van der Waals surface area contributed by atoms with Crippen molar-refractivity contribution in [2.75, 3.05) is 5.32 Å². The Morgan fingerprint density at radius 1 is 1.20 bits per heavy atom. The second-order valence-corrected chi connectivity index (χ2v) is 8.51. The molecule has 2 aromatic heterocycles. The number of carbonyl (C=O) groups excluding carboxylic acids is 1. The Hall–Kier alpha value is -4.58. The number of aryl methyl sites for hydroxylation is 1. The van der Waals surface area contributed by atoms with E-state index >= 15 is 0 Å². The molecule has 35 heavy (non-hydrogen) atoms. The van der Waals surface area contributed by atoms with Gasteiger partial charge in [0.05, 0.1) is 11.0 Å². The van der Waals surface area contributed by atoms with E-state index in [1.54, 1.807) is 32.0 Å². The highest BCUT2D eigenvalue weighted by atomic mass is 16.6. The Morgan fingerprint density at radius 3 is 2.69 bits per heavy atom. The number of rotatable bonds is 5. The molecule has 0 spiro atoms. The number of anilines is 1. The smallest absolute Gasteiger partial charge is 0.412 e. The quantitative estimate of drug-likeness (QED) is 0.361. The first-order valence-corrected chi connectivity index (χ1v) is 11.1. The van der Waals surface area contributed by atoms with Crippen molar-refractivity contribution < 1.29 is 24.0 Å². The molecule has 1 aliphatic carbocycles. The van der Waals surface area contributed by atoms with Crippen molar-refractivity contribution in [3.63, 3.8) is 0 Å². The zero-order valence-electron chi connectivity index (χ0n) is 19.1. The number of H-pyrrole nitrogens is 1. The number of hydrogen-bond donors (Lipinski definition) is 3. The molecule has 1 unspecified atom stereocenters. The zero-order chi connectivity index (χ0) is 24.6. The largest absolute Gasteiger partial charge is 0.480 e. The van der Waals surface area contributed by atoms with E-state index < -0.39 is 23.6 Å². The van der Waals surface area contributed by atoms with Crippen LogP contribution in [0.25, 0.3) is 11.0 Å². The third-order valence-electron chi connectivity index (χ3n) is 6.06. The summed E-state index contributed by atoms with van der Waals surface area (Å²) in [4.78, 5) is 31.6. The van der Waals surface area contributed by atoms with Crippen LogP contribution in [0.2, 0.25) is 0 Å². The minimum absolute atomic E-state index is 0.194. The zero-order valence-corrected chi connectivity index (χ0v) is 19.1. The molecule has 5 rings (SSSR count). The number of nitrogens with one attached hydrogen (secondary N) is 2. The molecule has 1 fully saturated rings. The number of hydrogen-bond acceptors (Lipinski definition) is 6. The molecular weight excluding hydrogens is 448 g/mol. The van der Waals surface area contributed by atoms with Crippen molar-refractivity contribution in [2.24, 2.45) is 0 Å². The summed E-state index contributed by atoms with van der Waals surface area (Å²) in [6, 6.07) is 14.8. The SMILES string of the molecule is Cc1noc(C#Cc2ccc3nc(C4(C(=O)O)CC4)[nH]c3c2)c1NC(=O)OC(C)c1ccccc1. The van der Waals surface area contributed by atoms with Gasteiger partial charge in [-0.15, -0.1) is 0 Å². The summed E-state index contributed by atoms with van der Waals surface area (Å²) in [7, 11) is 0. The summed E-state index contributed by atoms with van der Waals surface area (Å²) in [5.74, 6) is 5.68. The van der Waals surface area contributed by atoms with Crippen LogP contribution < -0.4 is 5.32 Å². The molecule has 1 atom stereocenters. The van der Waals surface area contributed by atoms with Gasteiger partial charge in [-0.2, -0.15) is 0 Å². The van der Waals surface area contributed by atoms with Gasteiger partial charge in [0.25, 0.3) is 0 Å². The number of imidazole rings is 1. The number of aromatic nitrogens is 3. The Labute approximate surface area is 200 Å². The maximum Gasteiger partial charge on any atom is 0.412 e. The minimum Gasteiger partial charge on any atom is -0.480 e. The Balaban J connectivity index is 1.33. The predicted molar refractivity (Wildman–Crippen MR) is 127 cm³/mol. The fourth-order valence-corrected chi connectivity index (χ4v) is 3.81. The van der Waals surface area contributed by atoms with E-state index in [4.69, 9.17) is 9.26 Å². The second-order valence-electron chi connectivity index (χ2n) is 8.51. The van der Waals surface area contributed by atoms with Crippen molar-refractivity contribution in [1.29, 1.82) is 0 Å². The van der Waals surface area contributed by atoms with Gasteiger partial charge < -0.3 is 19.4 Å². The molecule has 0 saturated heterocycles. The highest BCUT2D eigenvalue weighted by molar-refractivity contribution is 5.87. The lowest BCUT2D eigenvalue weighted by molar-refractivity contribution is -0.140. The topological polar surface area (TPSA) is 130 Å². The summed E-state index contributed by atoms with van der Waals surface area (Å²) < 4.78 is 10.8. The molecule has 176 valence electrons. The van der Waals surface area contributed by atoms with E-state index in [1.165, 1.54) is 0 Å². The van der Waals surface area contributed by atoms with Crippen molar-refractivity contribution >= 4 is 28.8 Å². The first kappa shape index (κ1) is 22.2. The van der Waals surface area contributed by atoms with Crippen molar-refractivity contribution in [3.8, 4) is 11.8 Å². The van der Waals surface area contributed by atoms with Crippen LogP contribution >= 0.6 is 0 Å². The van der Waals surface area contributed by atoms with E-state index in [1.807, 2.05) is 30.3 Å². The summed E-state index contributed by atoms with van der Waals surface area (Å²) in [5.41, 5.74) is 2.80. The van der Waals surface area contributed by atoms with Crippen LogP contribution in [-0.4, -0.2) is 32.3 Å². The molecule has 9 heteroatoms. The molecule has 3 N–H and O–H groups in total. The molecule has 1 amide bonds. The molecule has 2 heterocycles. The lowest BCUT2D eigenvalue weighted by atomic mass is 10.1. The van der Waals surface area contributed by atoms with Crippen LogP contribution in [0, 0.1) is 18.8 Å². The maximum atomic E-state index is 12.5. The van der Waals surface area contributed by atoms with Crippen LogP contribution in [-0.2, 0) is 14.9 Å². The van der Waals surface area contributed by atoms with Gasteiger partial charge in [0.15, 0.2) is 0 Å². The monoisotopic (exact) mass is 470 g/mol. The lowest BCUT2D eigenvalue weighted by Crippen LogP contribution is -2.20. The van der Waals surface area contributed by atoms with E-state index in [-0.39, 0.29) is 5.76 Å². The predicted octanol–water partition coefficient (Wildman–Crippen LogP) is 4.69. The Bertz CT molecular complexity index is 1490. The number of carbonyl (C=O) groups is 2. The first-order valence-electron chi connectivity index (χ1n) is 11.1. The number of aromatic amines is 1. The van der Waals surface area contributed by atoms with Crippen molar-refractivity contribution in [2.45, 2.75) is 38.2 Å². The summed E-state index contributed by atoms with van der Waals surface area (Å²) in [6.45, 7) is 3.48. The fourth-order valence-electron chi connectivity index (χ4n) is 3.81. The van der Waals surface area contributed by atoms with Gasteiger partial charge in [0.2, 0.25) is 5.76 Å². The van der Waals surface area contributed by atoms with E-state index in [9.17, 15) is 14.7 Å². The minimum atomic E-state index is -0.907. The molecule has 9 nitrogen and oxygen atoms in total. The van der Waals surface area contributed by atoms with E-state index in [0.717, 1.165) is 5.56 Å². The number of benzene rings is 2. The summed E-state index contributed by atoms with van der Waals surface area (Å²) >= 11 is 0. The number of fused-ring (bicyclic) bond motifs is 1. The molecule has 0 aliphatic heterocycles. The first-order chi connectivity index (χ1) is 16.9. The van der Waals surface area contributed by atoms with Crippen molar-refractivity contribution in [1.82, 2.24) is 15.1 Å². The van der Waals surface area contributed by atoms with Crippen LogP contribution in [0.3, 0.4) is 0 Å². The van der Waals surface area contributed by atoms with Gasteiger partial charge >= 0.3 is 12.1 Å². The Kier molecular flexibility index (Phi) is 5.49. The summed E-state index contributed by atoms with van der Waals surface area (Å²) in [5, 5.41) is 16.1. The average molecular weight is 470 g/mol. The molecule has 1 saturated carbocycles.